The first-order valence-electron chi connectivity index (χ1n) is 24.8. The molecule has 0 spiro atoms. The molecule has 0 N–H and O–H groups in total. The molecule has 10 aromatic carbocycles. The molecule has 2 heterocycles. The molecular weight excluding hydrogens is 865 g/mol. The van der Waals surface area contributed by atoms with E-state index in [2.05, 4.69) is 241 Å². The predicted molar refractivity (Wildman–Crippen MR) is 293 cm³/mol. The second kappa shape index (κ2) is 15.3. The van der Waals surface area contributed by atoms with E-state index in [1.54, 1.807) is 0 Å². The fourth-order valence-corrected chi connectivity index (χ4v) is 12.7. The van der Waals surface area contributed by atoms with Crippen LogP contribution in [0.4, 0.5) is 28.4 Å². The minimum absolute atomic E-state index is 0.185. The fraction of sp³-hybridized carbons (Fsp3) is 0.0746. The van der Waals surface area contributed by atoms with E-state index < -0.39 is 5.41 Å². The molecule has 3 aliphatic carbocycles. The van der Waals surface area contributed by atoms with Crippen LogP contribution >= 0.6 is 0 Å². The van der Waals surface area contributed by atoms with Crippen molar-refractivity contribution < 1.29 is 9.47 Å². The zero-order valence-corrected chi connectivity index (χ0v) is 39.1. The van der Waals surface area contributed by atoms with Crippen molar-refractivity contribution in [3.05, 3.63) is 264 Å². The van der Waals surface area contributed by atoms with Crippen molar-refractivity contribution in [1.29, 1.82) is 0 Å². The first-order chi connectivity index (χ1) is 35.1. The second-order valence-corrected chi connectivity index (χ2v) is 19.5. The second-order valence-electron chi connectivity index (χ2n) is 19.5. The van der Waals surface area contributed by atoms with Gasteiger partial charge in [-0.1, -0.05) is 177 Å². The van der Waals surface area contributed by atoms with Crippen molar-refractivity contribution in [1.82, 2.24) is 0 Å². The summed E-state index contributed by atoms with van der Waals surface area (Å²) in [5, 5.41) is 7.48. The molecule has 4 nitrogen and oxygen atoms in total. The van der Waals surface area contributed by atoms with E-state index in [0.29, 0.717) is 0 Å². The standard InChI is InChI=1S/C67H46N2O2/c1-42-24-38-60-66(42)71-63-23-13-8-18-57(63)68(60)49-33-37-52-51-34-26-43(40-54(51)67(55(52)41-49,47-14-4-2-5-15-47)48-16-6-3-7-17-48)25-27-44-28-29-45-31-36-53-56(39-32-46-30-35-50(44)64(45)65(46)53)69-58-19-9-11-21-61(58)70-62-22-12-10-20-59(62)69/h2-16,18-42,48H,17H2,1H3/b27-25+. The van der Waals surface area contributed by atoms with Crippen LogP contribution in [0, 0.1) is 11.8 Å². The number of hydrogen-bond donors (Lipinski definition) is 0. The van der Waals surface area contributed by atoms with E-state index in [9.17, 15) is 0 Å². The number of ether oxygens (including phenoxy) is 2. The molecular formula is C67H46N2O2. The highest BCUT2D eigenvalue weighted by atomic mass is 16.5. The zero-order valence-electron chi connectivity index (χ0n) is 39.1. The highest BCUT2D eigenvalue weighted by Gasteiger charge is 2.50. The van der Waals surface area contributed by atoms with E-state index in [1.165, 1.54) is 71.3 Å². The highest BCUT2D eigenvalue weighted by molar-refractivity contribution is 6.27. The maximum atomic E-state index is 6.59. The number of para-hydroxylation sites is 6. The van der Waals surface area contributed by atoms with E-state index in [1.807, 2.05) is 12.1 Å². The number of fused-ring (bicyclic) bond motifs is 6. The van der Waals surface area contributed by atoms with Crippen LogP contribution in [0.1, 0.15) is 41.2 Å². The summed E-state index contributed by atoms with van der Waals surface area (Å²) in [6.07, 6.45) is 19.3. The summed E-state index contributed by atoms with van der Waals surface area (Å²) in [7, 11) is 0. The van der Waals surface area contributed by atoms with E-state index in [-0.39, 0.29) is 11.8 Å². The number of hydrogen-bond acceptors (Lipinski definition) is 4. The number of anilines is 5. The van der Waals surface area contributed by atoms with Gasteiger partial charge in [-0.05, 0) is 145 Å². The maximum absolute atomic E-state index is 6.59. The Morgan fingerprint density at radius 2 is 1.15 bits per heavy atom. The molecule has 0 bridgehead atoms. The smallest absolute Gasteiger partial charge is 0.151 e. The Morgan fingerprint density at radius 3 is 1.90 bits per heavy atom. The van der Waals surface area contributed by atoms with Gasteiger partial charge >= 0.3 is 0 Å². The molecule has 10 aromatic rings. The number of nitrogens with zero attached hydrogens (tertiary/aromatic N) is 2. The Labute approximate surface area is 413 Å². The first kappa shape index (κ1) is 40.1. The normalized spacial score (nSPS) is 19.2. The third-order valence-corrected chi connectivity index (χ3v) is 15.8. The summed E-state index contributed by atoms with van der Waals surface area (Å²) < 4.78 is 13.0. The monoisotopic (exact) mass is 910 g/mol. The molecule has 4 heteroatoms. The Hall–Kier alpha value is -8.86. The Kier molecular flexibility index (Phi) is 8.65. The number of benzene rings is 10. The molecule has 0 radical (unpaired) electrons. The van der Waals surface area contributed by atoms with E-state index >= 15 is 0 Å². The molecule has 5 aliphatic rings. The lowest BCUT2D eigenvalue weighted by atomic mass is 9.62. The molecule has 71 heavy (non-hydrogen) atoms. The highest BCUT2D eigenvalue weighted by Crippen LogP contribution is 2.60. The molecule has 2 aliphatic heterocycles. The minimum Gasteiger partial charge on any atom is -0.457 e. The summed E-state index contributed by atoms with van der Waals surface area (Å²) in [6, 6.07) is 69.1. The summed E-state index contributed by atoms with van der Waals surface area (Å²) in [6.45, 7) is 2.21. The molecule has 15 rings (SSSR count). The van der Waals surface area contributed by atoms with Gasteiger partial charge in [-0.3, -0.25) is 0 Å². The average molecular weight is 911 g/mol. The molecule has 0 saturated heterocycles. The van der Waals surface area contributed by atoms with Gasteiger partial charge in [0.15, 0.2) is 17.2 Å². The Bertz CT molecular complexity index is 3980. The van der Waals surface area contributed by atoms with Gasteiger partial charge in [0.05, 0.1) is 33.9 Å². The van der Waals surface area contributed by atoms with Crippen LogP contribution < -0.4 is 19.3 Å². The lowest BCUT2D eigenvalue weighted by molar-refractivity contribution is 0.374. The molecule has 0 aromatic heterocycles. The summed E-state index contributed by atoms with van der Waals surface area (Å²) in [4.78, 5) is 4.78. The molecule has 3 atom stereocenters. The van der Waals surface area contributed by atoms with Crippen LogP contribution in [0.5, 0.6) is 17.2 Å². The Morgan fingerprint density at radius 1 is 0.521 bits per heavy atom. The topological polar surface area (TPSA) is 24.9 Å². The molecule has 0 fully saturated rings. The van der Waals surface area contributed by atoms with Gasteiger partial charge in [-0.15, -0.1) is 0 Å². The molecule has 3 unspecified atom stereocenters. The van der Waals surface area contributed by atoms with Crippen LogP contribution in [0.25, 0.3) is 55.6 Å². The largest absolute Gasteiger partial charge is 0.457 e. The van der Waals surface area contributed by atoms with Crippen molar-refractivity contribution in [3.8, 4) is 28.4 Å². The molecule has 336 valence electrons. The van der Waals surface area contributed by atoms with Gasteiger partial charge < -0.3 is 19.3 Å². The summed E-state index contributed by atoms with van der Waals surface area (Å²) >= 11 is 0. The van der Waals surface area contributed by atoms with Gasteiger partial charge in [0, 0.05) is 17.0 Å². The van der Waals surface area contributed by atoms with Gasteiger partial charge in [-0.2, -0.15) is 0 Å². The number of rotatable bonds is 6. The number of allylic oxidation sites excluding steroid dienone is 6. The van der Waals surface area contributed by atoms with Gasteiger partial charge in [0.25, 0.3) is 0 Å². The SMILES string of the molecule is CC1C=CC2=C1Oc1ccccc1N2c1ccc2c(c1)C(c1ccccc1)(C1C=CC=CC1)c1cc(/C=C/c3ccc4ccc5c(N6c7ccccc7Oc7ccccc76)ccc6ccc3c4c65)ccc1-2. The van der Waals surface area contributed by atoms with Crippen LogP contribution in [-0.2, 0) is 5.41 Å². The van der Waals surface area contributed by atoms with Crippen molar-refractivity contribution in [2.75, 3.05) is 9.80 Å². The third kappa shape index (κ3) is 5.79. The molecule has 0 saturated carbocycles. The third-order valence-electron chi connectivity index (χ3n) is 15.8. The fourth-order valence-electron chi connectivity index (χ4n) is 12.7. The van der Waals surface area contributed by atoms with E-state index in [4.69, 9.17) is 9.47 Å². The van der Waals surface area contributed by atoms with Gasteiger partial charge in [0.2, 0.25) is 0 Å². The average Bonchev–Trinajstić information content (AvgIpc) is 3.94. The first-order valence-corrected chi connectivity index (χ1v) is 24.8. The van der Waals surface area contributed by atoms with Gasteiger partial charge in [0.1, 0.15) is 5.76 Å². The summed E-state index contributed by atoms with van der Waals surface area (Å²) in [5.74, 6) is 3.97. The lowest BCUT2D eigenvalue weighted by Gasteiger charge is -2.40. The van der Waals surface area contributed by atoms with Crippen molar-refractivity contribution >= 4 is 72.9 Å². The van der Waals surface area contributed by atoms with Crippen molar-refractivity contribution in [3.63, 3.8) is 0 Å². The van der Waals surface area contributed by atoms with Gasteiger partial charge in [-0.25, -0.2) is 0 Å². The summed E-state index contributed by atoms with van der Waals surface area (Å²) in [5.41, 5.74) is 14.9. The van der Waals surface area contributed by atoms with Crippen LogP contribution in [-0.4, -0.2) is 0 Å². The van der Waals surface area contributed by atoms with Crippen LogP contribution in [0.15, 0.2) is 236 Å². The lowest BCUT2D eigenvalue weighted by Crippen LogP contribution is -2.36. The van der Waals surface area contributed by atoms with Crippen molar-refractivity contribution in [2.24, 2.45) is 11.8 Å². The maximum Gasteiger partial charge on any atom is 0.151 e. The van der Waals surface area contributed by atoms with Crippen LogP contribution in [0.3, 0.4) is 0 Å². The Balaban J connectivity index is 0.876. The van der Waals surface area contributed by atoms with Crippen LogP contribution in [0.2, 0.25) is 0 Å². The minimum atomic E-state index is -0.457. The quantitative estimate of drug-likeness (QED) is 0.123. The van der Waals surface area contributed by atoms with E-state index in [0.717, 1.165) is 63.6 Å². The van der Waals surface area contributed by atoms with Crippen molar-refractivity contribution in [2.45, 2.75) is 18.8 Å². The predicted octanol–water partition coefficient (Wildman–Crippen LogP) is 17.7. The zero-order chi connectivity index (χ0) is 46.8. The molecule has 0 amide bonds.